The molecule has 0 atom stereocenters. The molecule has 1 N–H and O–H groups in total. The van der Waals surface area contributed by atoms with Crippen molar-refractivity contribution in [3.63, 3.8) is 0 Å². The molecule has 0 spiro atoms. The predicted molar refractivity (Wildman–Crippen MR) is 93.2 cm³/mol. The van der Waals surface area contributed by atoms with E-state index in [1.807, 2.05) is 0 Å². The molecule has 0 aliphatic rings. The van der Waals surface area contributed by atoms with Crippen LogP contribution in [0.2, 0.25) is 5.02 Å². The van der Waals surface area contributed by atoms with Crippen molar-refractivity contribution in [2.45, 2.75) is 13.1 Å². The van der Waals surface area contributed by atoms with Gasteiger partial charge < -0.3 is 9.73 Å². The first-order chi connectivity index (χ1) is 12.6. The number of anilines is 1. The Morgan fingerprint density at radius 1 is 1.07 bits per heavy atom. The molecule has 0 radical (unpaired) electrons. The molecule has 3 rings (SSSR count). The highest BCUT2D eigenvalue weighted by Crippen LogP contribution is 2.34. The largest absolute Gasteiger partial charge is 0.461 e. The summed E-state index contributed by atoms with van der Waals surface area (Å²) >= 11 is 5.89. The molecular formula is C19H12ClF4NO2. The Hall–Kier alpha value is -2.80. The molecule has 140 valence electrons. The molecule has 0 saturated heterocycles. The number of aryl methyl sites for hydroxylation is 1. The molecule has 0 unspecified atom stereocenters. The Kier molecular flexibility index (Phi) is 4.97. The minimum absolute atomic E-state index is 0.0312. The normalized spacial score (nSPS) is 11.5. The first-order valence-electron chi connectivity index (χ1n) is 7.69. The molecule has 3 nitrogen and oxygen atoms in total. The van der Waals surface area contributed by atoms with Crippen molar-refractivity contribution >= 4 is 23.2 Å². The van der Waals surface area contributed by atoms with Crippen molar-refractivity contribution in [3.05, 3.63) is 76.3 Å². The monoisotopic (exact) mass is 397 g/mol. The predicted octanol–water partition coefficient (Wildman–Crippen LogP) is 6.32. The highest BCUT2D eigenvalue weighted by Gasteiger charge is 2.31. The summed E-state index contributed by atoms with van der Waals surface area (Å²) in [6.07, 6.45) is -4.56. The van der Waals surface area contributed by atoms with Gasteiger partial charge in [-0.1, -0.05) is 11.6 Å². The van der Waals surface area contributed by atoms with E-state index in [1.165, 1.54) is 37.3 Å². The minimum Gasteiger partial charge on any atom is -0.461 e. The molecule has 1 aromatic heterocycles. The van der Waals surface area contributed by atoms with Gasteiger partial charge in [-0.05, 0) is 55.5 Å². The topological polar surface area (TPSA) is 42.2 Å². The van der Waals surface area contributed by atoms with Crippen LogP contribution in [0.1, 0.15) is 21.7 Å². The summed E-state index contributed by atoms with van der Waals surface area (Å²) < 4.78 is 57.1. The number of carbonyl (C=O) groups excluding carboxylic acids is 1. The lowest BCUT2D eigenvalue weighted by Crippen LogP contribution is -2.14. The number of nitrogens with one attached hydrogen (secondary N) is 1. The standard InChI is InChI=1S/C19H12ClF4NO2/c1-10-14(9-17(27-10)11-2-5-13(21)6-3-11)18(26)25-16-8-12(19(22,23)24)4-7-15(16)20/h2-9H,1H3,(H,25,26). The minimum atomic E-state index is -4.56. The molecule has 8 heteroatoms. The number of alkyl halides is 3. The highest BCUT2D eigenvalue weighted by atomic mass is 35.5. The molecule has 0 bridgehead atoms. The van der Waals surface area contributed by atoms with Crippen LogP contribution in [0.15, 0.2) is 52.9 Å². The van der Waals surface area contributed by atoms with Gasteiger partial charge in [0.15, 0.2) is 0 Å². The summed E-state index contributed by atoms with van der Waals surface area (Å²) in [5.74, 6) is -0.507. The van der Waals surface area contributed by atoms with E-state index in [2.05, 4.69) is 5.32 Å². The van der Waals surface area contributed by atoms with Gasteiger partial charge >= 0.3 is 6.18 Å². The Balaban J connectivity index is 1.88. The molecule has 0 aliphatic carbocycles. The van der Waals surface area contributed by atoms with Crippen LogP contribution >= 0.6 is 11.6 Å². The number of hydrogen-bond donors (Lipinski definition) is 1. The second-order valence-corrected chi connectivity index (χ2v) is 6.14. The fourth-order valence-electron chi connectivity index (χ4n) is 2.45. The smallest absolute Gasteiger partial charge is 0.416 e. The lowest BCUT2D eigenvalue weighted by molar-refractivity contribution is -0.137. The van der Waals surface area contributed by atoms with Crippen LogP contribution in [-0.2, 0) is 6.18 Å². The first kappa shape index (κ1) is 19.0. The lowest BCUT2D eigenvalue weighted by atomic mass is 10.1. The van der Waals surface area contributed by atoms with E-state index in [4.69, 9.17) is 16.0 Å². The van der Waals surface area contributed by atoms with Gasteiger partial charge in [-0.3, -0.25) is 4.79 Å². The third kappa shape index (κ3) is 4.14. The maximum absolute atomic E-state index is 13.0. The molecule has 1 heterocycles. The van der Waals surface area contributed by atoms with Gasteiger partial charge in [0.1, 0.15) is 17.3 Å². The Labute approximate surface area is 156 Å². The average Bonchev–Trinajstić information content (AvgIpc) is 2.98. The van der Waals surface area contributed by atoms with E-state index in [0.29, 0.717) is 11.3 Å². The molecule has 1 amide bonds. The van der Waals surface area contributed by atoms with Gasteiger partial charge in [0.25, 0.3) is 5.91 Å². The molecule has 27 heavy (non-hydrogen) atoms. The average molecular weight is 398 g/mol. The Morgan fingerprint density at radius 2 is 1.74 bits per heavy atom. The summed E-state index contributed by atoms with van der Waals surface area (Å²) in [6.45, 7) is 1.54. The van der Waals surface area contributed by atoms with Crippen molar-refractivity contribution in [2.24, 2.45) is 0 Å². The van der Waals surface area contributed by atoms with E-state index in [0.717, 1.165) is 18.2 Å². The Morgan fingerprint density at radius 3 is 2.37 bits per heavy atom. The van der Waals surface area contributed by atoms with Crippen LogP contribution in [0.4, 0.5) is 23.2 Å². The number of halogens is 5. The summed E-state index contributed by atoms with van der Waals surface area (Å²) in [6, 6.07) is 9.54. The van der Waals surface area contributed by atoms with Gasteiger partial charge in [-0.2, -0.15) is 13.2 Å². The van der Waals surface area contributed by atoms with Crippen molar-refractivity contribution in [3.8, 4) is 11.3 Å². The van der Waals surface area contributed by atoms with Crippen LogP contribution < -0.4 is 5.32 Å². The molecule has 0 fully saturated rings. The van der Waals surface area contributed by atoms with Crippen molar-refractivity contribution < 1.29 is 26.8 Å². The summed E-state index contributed by atoms with van der Waals surface area (Å²) in [5, 5.41) is 2.33. The molecule has 2 aromatic carbocycles. The number of amides is 1. The molecule has 0 saturated carbocycles. The number of rotatable bonds is 3. The van der Waals surface area contributed by atoms with Crippen LogP contribution in [0.3, 0.4) is 0 Å². The van der Waals surface area contributed by atoms with E-state index >= 15 is 0 Å². The molecule has 3 aromatic rings. The zero-order valence-corrected chi connectivity index (χ0v) is 14.6. The fourth-order valence-corrected chi connectivity index (χ4v) is 2.62. The highest BCUT2D eigenvalue weighted by molar-refractivity contribution is 6.34. The fraction of sp³-hybridized carbons (Fsp3) is 0.105. The first-order valence-corrected chi connectivity index (χ1v) is 8.07. The van der Waals surface area contributed by atoms with E-state index in [1.54, 1.807) is 0 Å². The maximum Gasteiger partial charge on any atom is 0.416 e. The van der Waals surface area contributed by atoms with Gasteiger partial charge in [-0.15, -0.1) is 0 Å². The zero-order valence-electron chi connectivity index (χ0n) is 13.8. The van der Waals surface area contributed by atoms with Crippen LogP contribution in [0, 0.1) is 12.7 Å². The van der Waals surface area contributed by atoms with Crippen molar-refractivity contribution in [1.29, 1.82) is 0 Å². The van der Waals surface area contributed by atoms with E-state index < -0.39 is 23.5 Å². The third-order valence-electron chi connectivity index (χ3n) is 3.83. The number of carbonyl (C=O) groups is 1. The van der Waals surface area contributed by atoms with Gasteiger partial charge in [0.05, 0.1) is 21.8 Å². The van der Waals surface area contributed by atoms with Gasteiger partial charge in [0.2, 0.25) is 0 Å². The third-order valence-corrected chi connectivity index (χ3v) is 4.16. The van der Waals surface area contributed by atoms with Gasteiger partial charge in [0, 0.05) is 5.56 Å². The van der Waals surface area contributed by atoms with Gasteiger partial charge in [-0.25, -0.2) is 4.39 Å². The Bertz CT molecular complexity index is 994. The summed E-state index contributed by atoms with van der Waals surface area (Å²) in [7, 11) is 0. The maximum atomic E-state index is 13.0. The second kappa shape index (κ2) is 7.08. The van der Waals surface area contributed by atoms with Crippen LogP contribution in [0.25, 0.3) is 11.3 Å². The van der Waals surface area contributed by atoms with Crippen LogP contribution in [0.5, 0.6) is 0 Å². The SMILES string of the molecule is Cc1oc(-c2ccc(F)cc2)cc1C(=O)Nc1cc(C(F)(F)F)ccc1Cl. The zero-order chi connectivity index (χ0) is 19.8. The van der Waals surface area contributed by atoms with Crippen LogP contribution in [-0.4, -0.2) is 5.91 Å². The quantitative estimate of drug-likeness (QED) is 0.525. The number of benzene rings is 2. The lowest BCUT2D eigenvalue weighted by Gasteiger charge is -2.11. The van der Waals surface area contributed by atoms with Crippen molar-refractivity contribution in [1.82, 2.24) is 0 Å². The summed E-state index contributed by atoms with van der Waals surface area (Å²) in [5.41, 5.74) is -0.419. The molecular weight excluding hydrogens is 386 g/mol. The van der Waals surface area contributed by atoms with Crippen molar-refractivity contribution in [2.75, 3.05) is 5.32 Å². The van der Waals surface area contributed by atoms with E-state index in [9.17, 15) is 22.4 Å². The number of furan rings is 1. The number of hydrogen-bond acceptors (Lipinski definition) is 2. The second-order valence-electron chi connectivity index (χ2n) is 5.73. The van der Waals surface area contributed by atoms with E-state index in [-0.39, 0.29) is 22.0 Å². The summed E-state index contributed by atoms with van der Waals surface area (Å²) in [4.78, 5) is 12.5. The molecule has 0 aliphatic heterocycles.